The van der Waals surface area contributed by atoms with Crippen LogP contribution in [0.5, 0.6) is 0 Å². The Labute approximate surface area is 81.8 Å². The molecule has 0 N–H and O–H groups in total. The summed E-state index contributed by atoms with van der Waals surface area (Å²) in [5, 5.41) is 0. The molecule has 0 aromatic rings. The van der Waals surface area contributed by atoms with Gasteiger partial charge in [0.2, 0.25) is 0 Å². The van der Waals surface area contributed by atoms with Crippen molar-refractivity contribution < 1.29 is 0 Å². The molecule has 0 amide bonds. The molecule has 74 valence electrons. The van der Waals surface area contributed by atoms with E-state index in [1.165, 1.54) is 57.3 Å². The lowest BCUT2D eigenvalue weighted by atomic mass is 9.68. The van der Waals surface area contributed by atoms with Gasteiger partial charge >= 0.3 is 0 Å². The first-order valence-electron chi connectivity index (χ1n) is 5.57. The van der Waals surface area contributed by atoms with E-state index in [1.54, 1.807) is 0 Å². The molecule has 2 rings (SSSR count). The molecule has 1 aliphatic heterocycles. The van der Waals surface area contributed by atoms with Crippen LogP contribution in [0.4, 0.5) is 0 Å². The Hall–Kier alpha value is -0.300. The summed E-state index contributed by atoms with van der Waals surface area (Å²) in [6, 6.07) is 0. The summed E-state index contributed by atoms with van der Waals surface area (Å²) in [6.45, 7) is 10.1. The van der Waals surface area contributed by atoms with E-state index in [2.05, 4.69) is 18.4 Å². The van der Waals surface area contributed by atoms with E-state index in [0.29, 0.717) is 0 Å². The molecule has 2 aliphatic rings. The third-order valence-corrected chi connectivity index (χ3v) is 3.79. The zero-order chi connectivity index (χ0) is 9.31. The molecule has 1 saturated carbocycles. The first kappa shape index (κ1) is 9.26. The van der Waals surface area contributed by atoms with Crippen molar-refractivity contribution in [3.8, 4) is 0 Å². The van der Waals surface area contributed by atoms with E-state index in [0.717, 1.165) is 5.41 Å². The van der Waals surface area contributed by atoms with Crippen LogP contribution in [0.15, 0.2) is 12.2 Å². The van der Waals surface area contributed by atoms with Gasteiger partial charge in [0, 0.05) is 13.1 Å². The van der Waals surface area contributed by atoms with Crippen LogP contribution in [0, 0.1) is 5.41 Å². The number of likely N-dealkylation sites (tertiary alicyclic amines) is 1. The molecule has 0 radical (unpaired) electrons. The fourth-order valence-corrected chi connectivity index (χ4v) is 2.65. The van der Waals surface area contributed by atoms with Gasteiger partial charge < -0.3 is 4.90 Å². The Morgan fingerprint density at radius 1 is 1.38 bits per heavy atom. The Kier molecular flexibility index (Phi) is 2.46. The first-order chi connectivity index (χ1) is 6.20. The largest absolute Gasteiger partial charge is 0.302 e. The van der Waals surface area contributed by atoms with Gasteiger partial charge in [0.1, 0.15) is 0 Å². The summed E-state index contributed by atoms with van der Waals surface area (Å²) in [7, 11) is 0. The Balaban J connectivity index is 1.75. The molecule has 2 fully saturated rings. The van der Waals surface area contributed by atoms with Gasteiger partial charge in [-0.25, -0.2) is 0 Å². The van der Waals surface area contributed by atoms with Crippen molar-refractivity contribution in [2.24, 2.45) is 5.41 Å². The molecule has 1 nitrogen and oxygen atoms in total. The summed E-state index contributed by atoms with van der Waals surface area (Å²) < 4.78 is 0. The number of hydrogen-bond donors (Lipinski definition) is 0. The second-order valence-electron chi connectivity index (χ2n) is 5.09. The monoisotopic (exact) mass is 179 g/mol. The average molecular weight is 179 g/mol. The van der Waals surface area contributed by atoms with Gasteiger partial charge in [0.05, 0.1) is 0 Å². The van der Waals surface area contributed by atoms with Gasteiger partial charge in [-0.3, -0.25) is 0 Å². The van der Waals surface area contributed by atoms with E-state index in [1.807, 2.05) is 0 Å². The van der Waals surface area contributed by atoms with Crippen LogP contribution in [0.25, 0.3) is 0 Å². The second kappa shape index (κ2) is 3.45. The standard InChI is InChI=1S/C12H21N/c1-11(2)4-8-13-9-7-12(10-13)5-3-6-12/h1,3-10H2,2H3. The maximum atomic E-state index is 3.96. The SMILES string of the molecule is C=C(C)CCN1CCC2(CCC2)C1. The lowest BCUT2D eigenvalue weighted by Gasteiger charge is -2.38. The highest BCUT2D eigenvalue weighted by molar-refractivity contribution is 4.97. The molecule has 13 heavy (non-hydrogen) atoms. The second-order valence-corrected chi connectivity index (χ2v) is 5.09. The molecule has 1 heteroatoms. The zero-order valence-electron chi connectivity index (χ0n) is 8.81. The van der Waals surface area contributed by atoms with E-state index < -0.39 is 0 Å². The van der Waals surface area contributed by atoms with Crippen LogP contribution in [-0.4, -0.2) is 24.5 Å². The van der Waals surface area contributed by atoms with Crippen molar-refractivity contribution in [3.05, 3.63) is 12.2 Å². The minimum atomic E-state index is 0.773. The van der Waals surface area contributed by atoms with Crippen molar-refractivity contribution in [1.82, 2.24) is 4.90 Å². The molecule has 0 aromatic heterocycles. The van der Waals surface area contributed by atoms with Gasteiger partial charge in [-0.15, -0.1) is 6.58 Å². The molecule has 1 saturated heterocycles. The highest BCUT2D eigenvalue weighted by Crippen LogP contribution is 2.47. The van der Waals surface area contributed by atoms with Crippen LogP contribution in [0.2, 0.25) is 0 Å². The summed E-state index contributed by atoms with van der Waals surface area (Å²) in [5.41, 5.74) is 2.10. The van der Waals surface area contributed by atoms with Crippen molar-refractivity contribution in [3.63, 3.8) is 0 Å². The summed E-state index contributed by atoms with van der Waals surface area (Å²) >= 11 is 0. The third kappa shape index (κ3) is 1.96. The zero-order valence-corrected chi connectivity index (χ0v) is 8.81. The van der Waals surface area contributed by atoms with Crippen molar-refractivity contribution in [1.29, 1.82) is 0 Å². The smallest absolute Gasteiger partial charge is 0.00386 e. The summed E-state index contributed by atoms with van der Waals surface area (Å²) in [4.78, 5) is 2.63. The van der Waals surface area contributed by atoms with Crippen LogP contribution in [0.1, 0.15) is 39.0 Å². The van der Waals surface area contributed by atoms with Crippen LogP contribution in [0.3, 0.4) is 0 Å². The molecule has 1 aliphatic carbocycles. The molecule has 1 heterocycles. The Morgan fingerprint density at radius 2 is 2.15 bits per heavy atom. The van der Waals surface area contributed by atoms with E-state index in [4.69, 9.17) is 0 Å². The van der Waals surface area contributed by atoms with Crippen LogP contribution < -0.4 is 0 Å². The van der Waals surface area contributed by atoms with Crippen molar-refractivity contribution in [2.75, 3.05) is 19.6 Å². The summed E-state index contributed by atoms with van der Waals surface area (Å²) in [5.74, 6) is 0. The first-order valence-corrected chi connectivity index (χ1v) is 5.57. The van der Waals surface area contributed by atoms with E-state index in [9.17, 15) is 0 Å². The molecule has 0 atom stereocenters. The predicted octanol–water partition coefficient (Wildman–Crippen LogP) is 2.83. The number of nitrogens with zero attached hydrogens (tertiary/aromatic N) is 1. The van der Waals surface area contributed by atoms with Crippen LogP contribution in [-0.2, 0) is 0 Å². The van der Waals surface area contributed by atoms with Gasteiger partial charge in [-0.2, -0.15) is 0 Å². The maximum Gasteiger partial charge on any atom is 0.00386 e. The minimum absolute atomic E-state index is 0.773. The average Bonchev–Trinajstić information content (AvgIpc) is 2.43. The number of hydrogen-bond acceptors (Lipinski definition) is 1. The Bertz CT molecular complexity index is 203. The third-order valence-electron chi connectivity index (χ3n) is 3.79. The number of rotatable bonds is 3. The fourth-order valence-electron chi connectivity index (χ4n) is 2.65. The predicted molar refractivity (Wildman–Crippen MR) is 56.8 cm³/mol. The lowest BCUT2D eigenvalue weighted by molar-refractivity contribution is 0.139. The van der Waals surface area contributed by atoms with E-state index in [-0.39, 0.29) is 0 Å². The van der Waals surface area contributed by atoms with Gasteiger partial charge in [0.15, 0.2) is 0 Å². The molecule has 0 aromatic carbocycles. The van der Waals surface area contributed by atoms with Crippen molar-refractivity contribution >= 4 is 0 Å². The molecule has 0 unspecified atom stereocenters. The summed E-state index contributed by atoms with van der Waals surface area (Å²) in [6.07, 6.45) is 7.13. The lowest BCUT2D eigenvalue weighted by Crippen LogP contribution is -2.33. The molecule has 0 bridgehead atoms. The molecular weight excluding hydrogens is 158 g/mol. The van der Waals surface area contributed by atoms with Gasteiger partial charge in [-0.1, -0.05) is 12.0 Å². The van der Waals surface area contributed by atoms with Crippen LogP contribution >= 0.6 is 0 Å². The molecular formula is C12H21N. The van der Waals surface area contributed by atoms with Crippen molar-refractivity contribution in [2.45, 2.75) is 39.0 Å². The normalized spacial score (nSPS) is 26.2. The highest BCUT2D eigenvalue weighted by atomic mass is 15.2. The topological polar surface area (TPSA) is 3.24 Å². The quantitative estimate of drug-likeness (QED) is 0.602. The minimum Gasteiger partial charge on any atom is -0.302 e. The highest BCUT2D eigenvalue weighted by Gasteiger charge is 2.42. The van der Waals surface area contributed by atoms with E-state index >= 15 is 0 Å². The van der Waals surface area contributed by atoms with Gasteiger partial charge in [-0.05, 0) is 44.6 Å². The van der Waals surface area contributed by atoms with Gasteiger partial charge in [0.25, 0.3) is 0 Å². The maximum absolute atomic E-state index is 3.96. The Morgan fingerprint density at radius 3 is 2.62 bits per heavy atom. The fraction of sp³-hybridized carbons (Fsp3) is 0.833. The molecule has 1 spiro atoms.